The van der Waals surface area contributed by atoms with Gasteiger partial charge in [-0.2, -0.15) is 0 Å². The van der Waals surface area contributed by atoms with Gasteiger partial charge in [-0.05, 0) is 34.5 Å². The van der Waals surface area contributed by atoms with Crippen molar-refractivity contribution >= 4 is 33.0 Å². The van der Waals surface area contributed by atoms with Gasteiger partial charge in [-0.15, -0.1) is 11.3 Å². The molecule has 1 N–H and O–H groups in total. The number of halogens is 2. The fraction of sp³-hybridized carbons (Fsp3) is 0.125. The first-order valence-corrected chi connectivity index (χ1v) is 7.49. The van der Waals surface area contributed by atoms with Crippen molar-refractivity contribution in [3.05, 3.63) is 69.8 Å². The third-order valence-electron chi connectivity index (χ3n) is 3.31. The molecule has 1 atom stereocenters. The van der Waals surface area contributed by atoms with Crippen molar-refractivity contribution < 1.29 is 9.50 Å². The molecular formula is C16H12ClFOS. The summed E-state index contributed by atoms with van der Waals surface area (Å²) < 4.78 is 15.0. The van der Waals surface area contributed by atoms with Crippen LogP contribution >= 0.6 is 22.9 Å². The maximum absolute atomic E-state index is 13.8. The van der Waals surface area contributed by atoms with Gasteiger partial charge in [0.15, 0.2) is 0 Å². The first kappa shape index (κ1) is 13.6. The molecule has 4 heteroatoms. The summed E-state index contributed by atoms with van der Waals surface area (Å²) in [5, 5.41) is 13.7. The van der Waals surface area contributed by atoms with E-state index < -0.39 is 11.9 Å². The van der Waals surface area contributed by atoms with Gasteiger partial charge >= 0.3 is 0 Å². The quantitative estimate of drug-likeness (QED) is 0.724. The van der Waals surface area contributed by atoms with E-state index in [-0.39, 0.29) is 10.6 Å². The largest absolute Gasteiger partial charge is 0.388 e. The second-order valence-corrected chi connectivity index (χ2v) is 5.93. The fourth-order valence-electron chi connectivity index (χ4n) is 2.33. The van der Waals surface area contributed by atoms with Gasteiger partial charge in [0.1, 0.15) is 5.82 Å². The van der Waals surface area contributed by atoms with Crippen LogP contribution in [0.25, 0.3) is 10.1 Å². The summed E-state index contributed by atoms with van der Waals surface area (Å²) in [6.45, 7) is 0. The third kappa shape index (κ3) is 2.44. The Morgan fingerprint density at radius 2 is 1.95 bits per heavy atom. The van der Waals surface area contributed by atoms with Crippen molar-refractivity contribution in [2.24, 2.45) is 0 Å². The number of benzene rings is 2. The van der Waals surface area contributed by atoms with E-state index in [9.17, 15) is 9.50 Å². The molecule has 1 heterocycles. The maximum atomic E-state index is 13.8. The lowest BCUT2D eigenvalue weighted by Crippen LogP contribution is -2.05. The summed E-state index contributed by atoms with van der Waals surface area (Å²) in [7, 11) is 0. The van der Waals surface area contributed by atoms with Crippen molar-refractivity contribution in [1.82, 2.24) is 0 Å². The van der Waals surface area contributed by atoms with Crippen LogP contribution in [0.1, 0.15) is 17.2 Å². The number of hydrogen-bond acceptors (Lipinski definition) is 2. The molecule has 0 aliphatic heterocycles. The molecule has 0 amide bonds. The topological polar surface area (TPSA) is 20.2 Å². The Bertz CT molecular complexity index is 733. The highest BCUT2D eigenvalue weighted by Gasteiger charge is 2.18. The van der Waals surface area contributed by atoms with Crippen LogP contribution < -0.4 is 0 Å². The van der Waals surface area contributed by atoms with E-state index in [2.05, 4.69) is 0 Å². The van der Waals surface area contributed by atoms with E-state index >= 15 is 0 Å². The standard InChI is InChI=1S/C16H12ClFOS/c17-12-5-3-6-13(18)16(12)14(19)8-10-9-20-15-7-2-1-4-11(10)15/h1-7,9,14,19H,8H2. The molecule has 0 spiro atoms. The van der Waals surface area contributed by atoms with Gasteiger partial charge in [0.25, 0.3) is 0 Å². The average molecular weight is 307 g/mol. The SMILES string of the molecule is OC(Cc1csc2ccccc12)c1c(F)cccc1Cl. The molecule has 102 valence electrons. The van der Waals surface area contributed by atoms with E-state index in [1.807, 2.05) is 29.6 Å². The second-order valence-electron chi connectivity index (χ2n) is 4.61. The lowest BCUT2D eigenvalue weighted by molar-refractivity contribution is 0.174. The Morgan fingerprint density at radius 1 is 1.15 bits per heavy atom. The zero-order chi connectivity index (χ0) is 14.1. The van der Waals surface area contributed by atoms with Gasteiger partial charge in [-0.25, -0.2) is 4.39 Å². The van der Waals surface area contributed by atoms with Crippen molar-refractivity contribution in [2.75, 3.05) is 0 Å². The molecule has 0 aliphatic carbocycles. The lowest BCUT2D eigenvalue weighted by Gasteiger charge is -2.13. The smallest absolute Gasteiger partial charge is 0.130 e. The monoisotopic (exact) mass is 306 g/mol. The maximum Gasteiger partial charge on any atom is 0.130 e. The molecule has 0 aliphatic rings. The Labute approximate surface area is 125 Å². The summed E-state index contributed by atoms with van der Waals surface area (Å²) in [5.74, 6) is -0.468. The summed E-state index contributed by atoms with van der Waals surface area (Å²) >= 11 is 7.61. The van der Waals surface area contributed by atoms with E-state index in [4.69, 9.17) is 11.6 Å². The summed E-state index contributed by atoms with van der Waals surface area (Å²) in [6, 6.07) is 12.4. The minimum absolute atomic E-state index is 0.171. The van der Waals surface area contributed by atoms with Crippen LogP contribution in [0.4, 0.5) is 4.39 Å². The minimum Gasteiger partial charge on any atom is -0.388 e. The molecule has 0 fully saturated rings. The molecular weight excluding hydrogens is 295 g/mol. The highest BCUT2D eigenvalue weighted by molar-refractivity contribution is 7.17. The molecule has 0 bridgehead atoms. The summed E-state index contributed by atoms with van der Waals surface area (Å²) in [5.41, 5.74) is 1.18. The van der Waals surface area contributed by atoms with Crippen LogP contribution in [0, 0.1) is 5.82 Å². The molecule has 1 unspecified atom stereocenters. The normalized spacial score (nSPS) is 12.8. The van der Waals surface area contributed by atoms with Crippen LogP contribution in [0.15, 0.2) is 47.8 Å². The summed E-state index contributed by atoms with van der Waals surface area (Å²) in [4.78, 5) is 0. The Hall–Kier alpha value is -1.42. The lowest BCUT2D eigenvalue weighted by atomic mass is 10.0. The van der Waals surface area contributed by atoms with Crippen LogP contribution in [0.2, 0.25) is 5.02 Å². The first-order valence-electron chi connectivity index (χ1n) is 6.24. The number of aliphatic hydroxyl groups excluding tert-OH is 1. The van der Waals surface area contributed by atoms with Gasteiger partial charge < -0.3 is 5.11 Å². The first-order chi connectivity index (χ1) is 9.66. The van der Waals surface area contributed by atoms with Crippen molar-refractivity contribution in [1.29, 1.82) is 0 Å². The minimum atomic E-state index is -0.943. The van der Waals surface area contributed by atoms with Crippen molar-refractivity contribution in [3.63, 3.8) is 0 Å². The van der Waals surface area contributed by atoms with E-state index in [1.165, 1.54) is 12.1 Å². The predicted octanol–water partition coefficient (Wildman–Crippen LogP) is 4.97. The molecule has 3 rings (SSSR count). The van der Waals surface area contributed by atoms with Crippen molar-refractivity contribution in [2.45, 2.75) is 12.5 Å². The number of fused-ring (bicyclic) bond motifs is 1. The molecule has 3 aromatic rings. The van der Waals surface area contributed by atoms with E-state index in [0.717, 1.165) is 15.6 Å². The molecule has 0 saturated carbocycles. The van der Waals surface area contributed by atoms with Gasteiger partial charge in [-0.3, -0.25) is 0 Å². The van der Waals surface area contributed by atoms with Crippen molar-refractivity contribution in [3.8, 4) is 0 Å². The Morgan fingerprint density at radius 3 is 2.75 bits per heavy atom. The second kappa shape index (κ2) is 5.52. The van der Waals surface area contributed by atoms with Crippen LogP contribution in [-0.4, -0.2) is 5.11 Å². The van der Waals surface area contributed by atoms with Gasteiger partial charge in [0.2, 0.25) is 0 Å². The summed E-state index contributed by atoms with van der Waals surface area (Å²) in [6.07, 6.45) is -0.591. The number of thiophene rings is 1. The molecule has 2 aromatic carbocycles. The van der Waals surface area contributed by atoms with Gasteiger partial charge in [0, 0.05) is 21.7 Å². The molecule has 0 saturated heterocycles. The van der Waals surface area contributed by atoms with Crippen LogP contribution in [0.3, 0.4) is 0 Å². The zero-order valence-corrected chi connectivity index (χ0v) is 12.1. The van der Waals surface area contributed by atoms with E-state index in [0.29, 0.717) is 6.42 Å². The number of aliphatic hydroxyl groups is 1. The zero-order valence-electron chi connectivity index (χ0n) is 10.5. The molecule has 1 aromatic heterocycles. The highest BCUT2D eigenvalue weighted by atomic mass is 35.5. The third-order valence-corrected chi connectivity index (χ3v) is 4.65. The van der Waals surface area contributed by atoms with Crippen LogP contribution in [0.5, 0.6) is 0 Å². The molecule has 20 heavy (non-hydrogen) atoms. The number of hydrogen-bond donors (Lipinski definition) is 1. The van der Waals surface area contributed by atoms with E-state index in [1.54, 1.807) is 17.4 Å². The van der Waals surface area contributed by atoms with Crippen LogP contribution in [-0.2, 0) is 6.42 Å². The van der Waals surface area contributed by atoms with Gasteiger partial charge in [-0.1, -0.05) is 35.9 Å². The fourth-order valence-corrected chi connectivity index (χ4v) is 3.59. The molecule has 0 radical (unpaired) electrons. The Balaban J connectivity index is 1.95. The predicted molar refractivity (Wildman–Crippen MR) is 81.9 cm³/mol. The van der Waals surface area contributed by atoms with Gasteiger partial charge in [0.05, 0.1) is 6.10 Å². The molecule has 1 nitrogen and oxygen atoms in total. The Kier molecular flexibility index (Phi) is 3.74. The average Bonchev–Trinajstić information content (AvgIpc) is 2.82. The highest BCUT2D eigenvalue weighted by Crippen LogP contribution is 2.32. The number of rotatable bonds is 3.